The highest BCUT2D eigenvalue weighted by Crippen LogP contribution is 2.21. The molecule has 268 valence electrons. The maximum atomic E-state index is 9.75. The molecule has 0 saturated carbocycles. The van der Waals surface area contributed by atoms with Crippen molar-refractivity contribution in [2.75, 3.05) is 31.1 Å². The van der Waals surface area contributed by atoms with E-state index in [0.29, 0.717) is 46.8 Å². The highest BCUT2D eigenvalue weighted by molar-refractivity contribution is 9.10. The standard InChI is InChI=1S/C18H17N7O.C14H9BrN6.C4H9NO/c26-14-5-7-24(11-14)16-9-20-17-18(21-16)25(23-22-17)10-12-3-4-15-13(8-12)2-1-6-19-15;15-12-7-17-13-14(18-12)21(20-19-13)8-9-3-4-11-10(6-9)2-1-5-16-11;6-4-1-2-5-3-4/h1-4,6,8-9,14,26H,5,7,10-11H2;1-7H,8H2;4-6H,1-3H2. The van der Waals surface area contributed by atoms with Crippen molar-refractivity contribution >= 4 is 66.1 Å². The summed E-state index contributed by atoms with van der Waals surface area (Å²) in [4.78, 5) is 28.3. The first kappa shape index (κ1) is 34.5. The lowest BCUT2D eigenvalue weighted by Crippen LogP contribution is -2.22. The monoisotopic (exact) mass is 774 g/mol. The fourth-order valence-electron chi connectivity index (χ4n) is 6.23. The van der Waals surface area contributed by atoms with E-state index in [9.17, 15) is 5.11 Å². The predicted molar refractivity (Wildman–Crippen MR) is 202 cm³/mol. The molecule has 53 heavy (non-hydrogen) atoms. The zero-order valence-electron chi connectivity index (χ0n) is 28.5. The van der Waals surface area contributed by atoms with Crippen LogP contribution >= 0.6 is 15.9 Å². The lowest BCUT2D eigenvalue weighted by molar-refractivity contribution is 0.196. The summed E-state index contributed by atoms with van der Waals surface area (Å²) in [5, 5.41) is 40.1. The molecule has 8 aromatic rings. The molecule has 10 rings (SSSR count). The van der Waals surface area contributed by atoms with E-state index in [4.69, 9.17) is 5.11 Å². The summed E-state index contributed by atoms with van der Waals surface area (Å²) in [6.07, 6.45) is 8.21. The van der Waals surface area contributed by atoms with Gasteiger partial charge in [-0.1, -0.05) is 34.7 Å². The number of nitrogens with zero attached hydrogens (tertiary/aromatic N) is 13. The summed E-state index contributed by atoms with van der Waals surface area (Å²) in [7, 11) is 0. The lowest BCUT2D eigenvalue weighted by Gasteiger charge is -2.15. The Hall–Kier alpha value is -5.62. The molecule has 6 aromatic heterocycles. The van der Waals surface area contributed by atoms with E-state index in [0.717, 1.165) is 71.2 Å². The van der Waals surface area contributed by atoms with Crippen molar-refractivity contribution in [3.63, 3.8) is 0 Å². The van der Waals surface area contributed by atoms with Crippen molar-refractivity contribution in [1.29, 1.82) is 0 Å². The zero-order valence-corrected chi connectivity index (χ0v) is 30.1. The van der Waals surface area contributed by atoms with Crippen LogP contribution in [0.5, 0.6) is 0 Å². The van der Waals surface area contributed by atoms with Crippen LogP contribution in [0.4, 0.5) is 5.82 Å². The molecule has 16 nitrogen and oxygen atoms in total. The Morgan fingerprint density at radius 1 is 0.717 bits per heavy atom. The minimum Gasteiger partial charge on any atom is -0.392 e. The highest BCUT2D eigenvalue weighted by Gasteiger charge is 2.22. The van der Waals surface area contributed by atoms with Crippen LogP contribution in [-0.2, 0) is 13.1 Å². The van der Waals surface area contributed by atoms with Gasteiger partial charge in [0.25, 0.3) is 0 Å². The number of aliphatic hydroxyl groups excluding tert-OH is 2. The summed E-state index contributed by atoms with van der Waals surface area (Å²) >= 11 is 3.32. The van der Waals surface area contributed by atoms with Crippen LogP contribution in [0.25, 0.3) is 44.4 Å². The highest BCUT2D eigenvalue weighted by atomic mass is 79.9. The van der Waals surface area contributed by atoms with Crippen molar-refractivity contribution in [1.82, 2.24) is 65.2 Å². The number of aliphatic hydroxyl groups is 2. The number of β-amino-alcohol motifs (C(OH)–C–C–N with tert-alkyl or cyclic N) is 2. The third-order valence-electron chi connectivity index (χ3n) is 8.93. The number of rotatable bonds is 5. The Balaban J connectivity index is 0.000000133. The van der Waals surface area contributed by atoms with Crippen molar-refractivity contribution in [3.8, 4) is 0 Å². The van der Waals surface area contributed by atoms with E-state index in [1.54, 1.807) is 34.2 Å². The molecule has 2 aliphatic heterocycles. The molecular formula is C36H35BrN14O2. The second-order valence-electron chi connectivity index (χ2n) is 12.8. The van der Waals surface area contributed by atoms with Crippen LogP contribution in [0.15, 0.2) is 90.1 Å². The molecule has 2 saturated heterocycles. The number of anilines is 1. The molecule has 2 atom stereocenters. The quantitative estimate of drug-likeness (QED) is 0.231. The van der Waals surface area contributed by atoms with Crippen molar-refractivity contribution in [3.05, 3.63) is 101 Å². The van der Waals surface area contributed by atoms with Crippen LogP contribution in [-0.4, -0.2) is 108 Å². The predicted octanol–water partition coefficient (Wildman–Crippen LogP) is 3.31. The van der Waals surface area contributed by atoms with Crippen LogP contribution in [0.3, 0.4) is 0 Å². The third kappa shape index (κ3) is 8.07. The second-order valence-corrected chi connectivity index (χ2v) is 13.6. The molecule has 0 amide bonds. The molecule has 2 unspecified atom stereocenters. The van der Waals surface area contributed by atoms with E-state index < -0.39 is 0 Å². The molecular weight excluding hydrogens is 740 g/mol. The smallest absolute Gasteiger partial charge is 0.221 e. The normalized spacial score (nSPS) is 16.9. The summed E-state index contributed by atoms with van der Waals surface area (Å²) < 4.78 is 4.17. The first-order valence-corrected chi connectivity index (χ1v) is 18.0. The average Bonchev–Trinajstić information content (AvgIpc) is 4.01. The minimum atomic E-state index is -0.304. The molecule has 3 N–H and O–H groups in total. The van der Waals surface area contributed by atoms with Crippen molar-refractivity contribution in [2.45, 2.75) is 38.1 Å². The van der Waals surface area contributed by atoms with E-state index in [1.165, 1.54) is 0 Å². The summed E-state index contributed by atoms with van der Waals surface area (Å²) in [6.45, 7) is 4.29. The Kier molecular flexibility index (Phi) is 10.1. The zero-order chi connectivity index (χ0) is 36.1. The molecule has 0 aliphatic carbocycles. The van der Waals surface area contributed by atoms with E-state index >= 15 is 0 Å². The van der Waals surface area contributed by atoms with Gasteiger partial charge < -0.3 is 20.4 Å². The van der Waals surface area contributed by atoms with Crippen molar-refractivity contribution < 1.29 is 10.2 Å². The first-order chi connectivity index (χ1) is 25.9. The van der Waals surface area contributed by atoms with Crippen LogP contribution in [0, 0.1) is 0 Å². The molecule has 0 radical (unpaired) electrons. The van der Waals surface area contributed by atoms with Crippen molar-refractivity contribution in [2.24, 2.45) is 0 Å². The number of nitrogens with one attached hydrogen (secondary N) is 1. The Bertz CT molecular complexity index is 2500. The minimum absolute atomic E-state index is 0.0648. The first-order valence-electron chi connectivity index (χ1n) is 17.2. The summed E-state index contributed by atoms with van der Waals surface area (Å²) in [5.41, 5.74) is 6.54. The summed E-state index contributed by atoms with van der Waals surface area (Å²) in [5.74, 6) is 0.750. The molecule has 0 spiro atoms. The number of hydrogen-bond donors (Lipinski definition) is 3. The average molecular weight is 776 g/mol. The Labute approximate surface area is 311 Å². The fraction of sp³-hybridized carbons (Fsp3) is 0.278. The topological polar surface area (TPSA) is 194 Å². The molecule has 2 aliphatic rings. The Morgan fingerprint density at radius 3 is 1.89 bits per heavy atom. The van der Waals surface area contributed by atoms with E-state index in [2.05, 4.69) is 83.9 Å². The number of pyridine rings is 2. The number of fused-ring (bicyclic) bond motifs is 4. The third-order valence-corrected chi connectivity index (χ3v) is 9.32. The van der Waals surface area contributed by atoms with Gasteiger partial charge in [-0.05, 0) is 82.8 Å². The largest absolute Gasteiger partial charge is 0.392 e. The summed E-state index contributed by atoms with van der Waals surface area (Å²) in [6, 6.07) is 20.2. The van der Waals surface area contributed by atoms with Gasteiger partial charge in [-0.3, -0.25) is 9.97 Å². The van der Waals surface area contributed by atoms with Gasteiger partial charge in [0.05, 0.1) is 48.7 Å². The molecule has 2 aromatic carbocycles. The number of hydrogen-bond acceptors (Lipinski definition) is 14. The molecule has 8 heterocycles. The van der Waals surface area contributed by atoms with Crippen LogP contribution in [0.2, 0.25) is 0 Å². The molecule has 2 fully saturated rings. The van der Waals surface area contributed by atoms with Gasteiger partial charge >= 0.3 is 0 Å². The maximum Gasteiger partial charge on any atom is 0.221 e. The fourth-order valence-corrected chi connectivity index (χ4v) is 6.50. The molecule has 17 heteroatoms. The van der Waals surface area contributed by atoms with Gasteiger partial charge in [-0.15, -0.1) is 10.2 Å². The number of halogens is 1. The van der Waals surface area contributed by atoms with E-state index in [-0.39, 0.29) is 12.2 Å². The number of aromatic nitrogens is 12. The van der Waals surface area contributed by atoms with Gasteiger partial charge in [-0.2, -0.15) is 0 Å². The van der Waals surface area contributed by atoms with Gasteiger partial charge in [-0.25, -0.2) is 29.3 Å². The second kappa shape index (κ2) is 15.5. The Morgan fingerprint density at radius 2 is 1.34 bits per heavy atom. The molecule has 0 bridgehead atoms. The van der Waals surface area contributed by atoms with Gasteiger partial charge in [0.15, 0.2) is 11.3 Å². The van der Waals surface area contributed by atoms with Gasteiger partial charge in [0.2, 0.25) is 11.3 Å². The maximum absolute atomic E-state index is 9.75. The van der Waals surface area contributed by atoms with E-state index in [1.807, 2.05) is 53.4 Å². The SMILES string of the molecule is Brc1cnc2nnn(Cc3ccc4ncccc4c3)c2n1.OC1CCN(c2cnc3nnn(Cc4ccc5ncccc5c4)c3n2)C1.OC1CCNC1. The van der Waals surface area contributed by atoms with Gasteiger partial charge in [0.1, 0.15) is 10.4 Å². The lowest BCUT2D eigenvalue weighted by atomic mass is 10.1. The van der Waals surface area contributed by atoms with Crippen LogP contribution < -0.4 is 10.2 Å². The van der Waals surface area contributed by atoms with Gasteiger partial charge in [0, 0.05) is 42.8 Å². The van der Waals surface area contributed by atoms with Crippen LogP contribution in [0.1, 0.15) is 24.0 Å². The number of benzene rings is 2.